The number of halogens is 3. The van der Waals surface area contributed by atoms with Crippen LogP contribution >= 0.6 is 0 Å². The molecule has 1 aromatic carbocycles. The zero-order valence-electron chi connectivity index (χ0n) is 11.0. The Hall–Kier alpha value is -2.64. The number of carbonyl (C=O) groups is 1. The van der Waals surface area contributed by atoms with Gasteiger partial charge in [0.15, 0.2) is 0 Å². The lowest BCUT2D eigenvalue weighted by Gasteiger charge is -2.34. The largest absolute Gasteiger partial charge is 0.480 e. The third-order valence-corrected chi connectivity index (χ3v) is 3.48. The van der Waals surface area contributed by atoms with Gasteiger partial charge in [0.05, 0.1) is 16.9 Å². The normalized spacial score (nSPS) is 24.0. The minimum absolute atomic E-state index is 0.100. The lowest BCUT2D eigenvalue weighted by atomic mass is 9.72. The van der Waals surface area contributed by atoms with Gasteiger partial charge < -0.3 is 5.11 Å². The number of benzene rings is 1. The van der Waals surface area contributed by atoms with Crippen molar-refractivity contribution in [3.05, 3.63) is 64.6 Å². The number of carboxylic acid groups (broad SMARTS) is 1. The van der Waals surface area contributed by atoms with Crippen LogP contribution in [-0.4, -0.2) is 17.1 Å². The predicted octanol–water partition coefficient (Wildman–Crippen LogP) is 2.79. The predicted molar refractivity (Wildman–Crippen MR) is 71.8 cm³/mol. The molecule has 22 heavy (non-hydrogen) atoms. The summed E-state index contributed by atoms with van der Waals surface area (Å²) in [6, 6.07) is 2.90. The number of carboxylic acids is 1. The van der Waals surface area contributed by atoms with E-state index in [-0.39, 0.29) is 5.56 Å². The molecule has 1 aliphatic rings. The summed E-state index contributed by atoms with van der Waals surface area (Å²) < 4.78 is 38.5. The number of aliphatic carboxylic acids is 1. The number of rotatable bonds is 4. The van der Waals surface area contributed by atoms with Crippen molar-refractivity contribution in [3.8, 4) is 0 Å². The lowest BCUT2D eigenvalue weighted by Crippen LogP contribution is -2.51. The molecule has 0 spiro atoms. The molecule has 2 unspecified atom stereocenters. The first-order valence-electron chi connectivity index (χ1n) is 6.17. The van der Waals surface area contributed by atoms with Crippen LogP contribution in [0.4, 0.5) is 13.2 Å². The van der Waals surface area contributed by atoms with Crippen molar-refractivity contribution >= 4 is 5.97 Å². The van der Waals surface area contributed by atoms with E-state index in [0.29, 0.717) is 0 Å². The van der Waals surface area contributed by atoms with Gasteiger partial charge in [0.25, 0.3) is 0 Å². The van der Waals surface area contributed by atoms with Crippen LogP contribution in [0.2, 0.25) is 0 Å². The Kier molecular flexibility index (Phi) is 4.03. The summed E-state index contributed by atoms with van der Waals surface area (Å²) in [5.41, 5.74) is -0.841. The highest BCUT2D eigenvalue weighted by Gasteiger charge is 2.47. The van der Waals surface area contributed by atoms with Gasteiger partial charge >= 0.3 is 12.1 Å². The number of nitrogens with zero attached hydrogens (tertiary/aromatic N) is 1. The molecule has 0 radical (unpaired) electrons. The highest BCUT2D eigenvalue weighted by molar-refractivity contribution is 5.86. The molecule has 0 amide bonds. The van der Waals surface area contributed by atoms with E-state index in [9.17, 15) is 28.0 Å². The first kappa shape index (κ1) is 15.7. The smallest absolute Gasteiger partial charge is 0.416 e. The zero-order valence-corrected chi connectivity index (χ0v) is 11.0. The molecule has 0 aromatic heterocycles. The second kappa shape index (κ2) is 5.63. The van der Waals surface area contributed by atoms with Gasteiger partial charge in [-0.25, -0.2) is 0 Å². The fraction of sp³-hybridized carbons (Fsp3) is 0.214. The minimum atomic E-state index is -4.60. The molecule has 0 bridgehead atoms. The molecule has 0 heterocycles. The van der Waals surface area contributed by atoms with Gasteiger partial charge in [-0.05, 0) is 11.6 Å². The summed E-state index contributed by atoms with van der Waals surface area (Å²) in [7, 11) is 0. The molecule has 0 saturated carbocycles. The van der Waals surface area contributed by atoms with E-state index in [2.05, 4.69) is 10.7 Å². The average molecular weight is 312 g/mol. The molecule has 2 N–H and O–H groups in total. The molecule has 0 aliphatic heterocycles. The maximum absolute atomic E-state index is 12.8. The Morgan fingerprint density at radius 3 is 2.64 bits per heavy atom. The van der Waals surface area contributed by atoms with E-state index >= 15 is 0 Å². The van der Waals surface area contributed by atoms with Crippen molar-refractivity contribution in [1.82, 2.24) is 5.43 Å². The zero-order chi connectivity index (χ0) is 16.4. The van der Waals surface area contributed by atoms with Crippen molar-refractivity contribution in [2.45, 2.75) is 17.6 Å². The number of hydrogen-bond donors (Lipinski definition) is 2. The van der Waals surface area contributed by atoms with Crippen molar-refractivity contribution in [2.24, 2.45) is 5.29 Å². The Labute approximate surface area is 123 Å². The van der Waals surface area contributed by atoms with E-state index in [1.54, 1.807) is 0 Å². The van der Waals surface area contributed by atoms with E-state index in [1.807, 2.05) is 0 Å². The second-order valence-corrected chi connectivity index (χ2v) is 4.69. The maximum atomic E-state index is 12.8. The highest BCUT2D eigenvalue weighted by atomic mass is 19.4. The molecule has 2 atom stereocenters. The Morgan fingerprint density at radius 2 is 2.05 bits per heavy atom. The topological polar surface area (TPSA) is 78.8 Å². The summed E-state index contributed by atoms with van der Waals surface area (Å²) in [5, 5.41) is 12.0. The van der Waals surface area contributed by atoms with Crippen LogP contribution in [0.3, 0.4) is 0 Å². The number of hydrogen-bond acceptors (Lipinski definition) is 3. The molecule has 8 heteroatoms. The number of nitroso groups, excluding NO2 is 1. The van der Waals surface area contributed by atoms with Crippen molar-refractivity contribution in [1.29, 1.82) is 0 Å². The molecule has 5 nitrogen and oxygen atoms in total. The second-order valence-electron chi connectivity index (χ2n) is 4.69. The molecular weight excluding hydrogens is 301 g/mol. The van der Waals surface area contributed by atoms with Gasteiger partial charge in [0.1, 0.15) is 5.41 Å². The summed E-state index contributed by atoms with van der Waals surface area (Å²) in [6.45, 7) is 0. The third kappa shape index (κ3) is 2.59. The number of allylic oxidation sites excluding steroid dienone is 2. The lowest BCUT2D eigenvalue weighted by molar-refractivity contribution is -0.143. The van der Waals surface area contributed by atoms with Crippen LogP contribution in [-0.2, 0) is 16.4 Å². The van der Waals surface area contributed by atoms with Gasteiger partial charge in [-0.2, -0.15) is 13.2 Å². The first-order chi connectivity index (χ1) is 10.3. The summed E-state index contributed by atoms with van der Waals surface area (Å²) in [6.07, 6.45) is 0.869. The van der Waals surface area contributed by atoms with Crippen LogP contribution in [0.15, 0.2) is 53.9 Å². The van der Waals surface area contributed by atoms with Crippen molar-refractivity contribution in [2.75, 3.05) is 0 Å². The standard InChI is InChI=1S/C14H11F3N2O3/c15-14(16,17)10-5-3-4-9(8-10)13(12(20)21)7-2-1-6-11(13)18-19-22/h1-8,11H,(H,18,22)(H,20,21). The fourth-order valence-electron chi connectivity index (χ4n) is 2.40. The summed E-state index contributed by atoms with van der Waals surface area (Å²) >= 11 is 0. The van der Waals surface area contributed by atoms with Crippen LogP contribution in [0.25, 0.3) is 0 Å². The monoisotopic (exact) mass is 312 g/mol. The molecule has 116 valence electrons. The Balaban J connectivity index is 2.62. The van der Waals surface area contributed by atoms with Gasteiger partial charge in [-0.15, -0.1) is 4.91 Å². The first-order valence-corrected chi connectivity index (χ1v) is 6.17. The molecule has 0 fully saturated rings. The van der Waals surface area contributed by atoms with Gasteiger partial charge in [-0.3, -0.25) is 10.2 Å². The summed E-state index contributed by atoms with van der Waals surface area (Å²) in [4.78, 5) is 22.2. The summed E-state index contributed by atoms with van der Waals surface area (Å²) in [5.74, 6) is -1.39. The van der Waals surface area contributed by atoms with Crippen LogP contribution < -0.4 is 5.43 Å². The van der Waals surface area contributed by atoms with Crippen molar-refractivity contribution in [3.63, 3.8) is 0 Å². The van der Waals surface area contributed by atoms with Crippen LogP contribution in [0.1, 0.15) is 11.1 Å². The number of nitrogens with one attached hydrogen (secondary N) is 1. The Morgan fingerprint density at radius 1 is 1.32 bits per heavy atom. The molecule has 0 saturated heterocycles. The fourth-order valence-corrected chi connectivity index (χ4v) is 2.40. The van der Waals surface area contributed by atoms with Gasteiger partial charge in [-0.1, -0.05) is 42.5 Å². The SMILES string of the molecule is O=NNC1C=CC=CC1(C(=O)O)c1cccc(C(F)(F)F)c1. The van der Waals surface area contributed by atoms with Crippen molar-refractivity contribution < 1.29 is 23.1 Å². The molecule has 1 aliphatic carbocycles. The van der Waals surface area contributed by atoms with Crippen LogP contribution in [0, 0.1) is 4.91 Å². The minimum Gasteiger partial charge on any atom is -0.480 e. The maximum Gasteiger partial charge on any atom is 0.416 e. The van der Waals surface area contributed by atoms with E-state index in [4.69, 9.17) is 0 Å². The average Bonchev–Trinajstić information content (AvgIpc) is 2.47. The molecule has 2 rings (SSSR count). The molecular formula is C14H11F3N2O3. The van der Waals surface area contributed by atoms with Crippen LogP contribution in [0.5, 0.6) is 0 Å². The van der Waals surface area contributed by atoms with E-state index in [1.165, 1.54) is 30.4 Å². The molecule has 1 aromatic rings. The number of alkyl halides is 3. The highest BCUT2D eigenvalue weighted by Crippen LogP contribution is 2.37. The van der Waals surface area contributed by atoms with E-state index < -0.39 is 29.2 Å². The Bertz CT molecular complexity index is 655. The van der Waals surface area contributed by atoms with Gasteiger partial charge in [0, 0.05) is 0 Å². The quantitative estimate of drug-likeness (QED) is 0.662. The van der Waals surface area contributed by atoms with E-state index in [0.717, 1.165) is 18.2 Å². The third-order valence-electron chi connectivity index (χ3n) is 3.48. The van der Waals surface area contributed by atoms with Gasteiger partial charge in [0.2, 0.25) is 0 Å².